The first-order valence-electron chi connectivity index (χ1n) is 5.20. The van der Waals surface area contributed by atoms with E-state index in [9.17, 15) is 4.79 Å². The molecule has 82 valence electrons. The summed E-state index contributed by atoms with van der Waals surface area (Å²) in [4.78, 5) is 11.5. The van der Waals surface area contributed by atoms with Crippen LogP contribution in [0.4, 0.5) is 0 Å². The Balaban J connectivity index is 2.32. The van der Waals surface area contributed by atoms with Crippen molar-refractivity contribution in [3.05, 3.63) is 0 Å². The van der Waals surface area contributed by atoms with Crippen molar-refractivity contribution in [2.75, 3.05) is 13.7 Å². The molecule has 1 aliphatic carbocycles. The average molecular weight is 200 g/mol. The van der Waals surface area contributed by atoms with Crippen LogP contribution in [0.15, 0.2) is 0 Å². The van der Waals surface area contributed by atoms with Gasteiger partial charge in [0.2, 0.25) is 5.91 Å². The van der Waals surface area contributed by atoms with Gasteiger partial charge in [-0.25, -0.2) is 0 Å². The van der Waals surface area contributed by atoms with Crippen molar-refractivity contribution < 1.29 is 9.53 Å². The Morgan fingerprint density at radius 2 is 2.36 bits per heavy atom. The summed E-state index contributed by atoms with van der Waals surface area (Å²) in [5.74, 6) is 0.485. The Bertz CT molecular complexity index is 197. The number of hydrogen-bond donors (Lipinski definition) is 2. The quantitative estimate of drug-likeness (QED) is 0.684. The molecule has 0 aliphatic heterocycles. The van der Waals surface area contributed by atoms with Gasteiger partial charge in [0, 0.05) is 13.2 Å². The van der Waals surface area contributed by atoms with Gasteiger partial charge in [-0.1, -0.05) is 13.3 Å². The number of nitrogens with two attached hydrogens (primary N) is 1. The molecule has 1 rings (SSSR count). The normalized spacial score (nSPS) is 28.8. The third kappa shape index (κ3) is 2.96. The summed E-state index contributed by atoms with van der Waals surface area (Å²) >= 11 is 0. The molecular formula is C10H20N2O2. The lowest BCUT2D eigenvalue weighted by atomic mass is 10.1. The van der Waals surface area contributed by atoms with E-state index in [1.165, 1.54) is 12.8 Å². The number of rotatable bonds is 4. The van der Waals surface area contributed by atoms with Crippen LogP contribution in [0.1, 0.15) is 26.2 Å². The highest BCUT2D eigenvalue weighted by molar-refractivity contribution is 5.81. The summed E-state index contributed by atoms with van der Waals surface area (Å²) in [5, 5.41) is 2.97. The fourth-order valence-corrected chi connectivity index (χ4v) is 1.90. The van der Waals surface area contributed by atoms with Crippen LogP contribution in [-0.4, -0.2) is 31.7 Å². The zero-order chi connectivity index (χ0) is 10.6. The maximum atomic E-state index is 11.5. The molecule has 0 bridgehead atoms. The Kier molecular flexibility index (Phi) is 4.35. The molecule has 0 spiro atoms. The van der Waals surface area contributed by atoms with Crippen molar-refractivity contribution >= 4 is 5.91 Å². The monoisotopic (exact) mass is 200 g/mol. The van der Waals surface area contributed by atoms with E-state index in [2.05, 4.69) is 12.2 Å². The first kappa shape index (κ1) is 11.5. The number of ether oxygens (including phenoxy) is 1. The summed E-state index contributed by atoms with van der Waals surface area (Å²) < 4.78 is 4.83. The van der Waals surface area contributed by atoms with Gasteiger partial charge < -0.3 is 15.8 Å². The van der Waals surface area contributed by atoms with E-state index in [-0.39, 0.29) is 12.5 Å². The van der Waals surface area contributed by atoms with E-state index in [1.54, 1.807) is 7.11 Å². The minimum absolute atomic E-state index is 0.0920. The number of methoxy groups -OCH3 is 1. The lowest BCUT2D eigenvalue weighted by Gasteiger charge is -2.19. The highest BCUT2D eigenvalue weighted by atomic mass is 16.5. The Morgan fingerprint density at radius 1 is 1.64 bits per heavy atom. The molecule has 1 aliphatic rings. The Labute approximate surface area is 85.2 Å². The van der Waals surface area contributed by atoms with Crippen LogP contribution in [0.3, 0.4) is 0 Å². The third-order valence-corrected chi connectivity index (χ3v) is 2.87. The zero-order valence-corrected chi connectivity index (χ0v) is 8.95. The Hall–Kier alpha value is -0.610. The minimum Gasteiger partial charge on any atom is -0.383 e. The second-order valence-corrected chi connectivity index (χ2v) is 4.09. The number of nitrogens with one attached hydrogen (secondary N) is 1. The molecule has 0 saturated heterocycles. The fraction of sp³-hybridized carbons (Fsp3) is 0.900. The number of carbonyl (C=O) groups is 1. The second kappa shape index (κ2) is 5.32. The molecule has 0 aromatic rings. The molecule has 4 heteroatoms. The Morgan fingerprint density at radius 3 is 2.86 bits per heavy atom. The van der Waals surface area contributed by atoms with E-state index >= 15 is 0 Å². The fourth-order valence-electron chi connectivity index (χ4n) is 1.90. The van der Waals surface area contributed by atoms with Crippen molar-refractivity contribution in [1.82, 2.24) is 5.32 Å². The van der Waals surface area contributed by atoms with Crippen molar-refractivity contribution in [2.24, 2.45) is 11.7 Å². The van der Waals surface area contributed by atoms with Crippen molar-refractivity contribution in [2.45, 2.75) is 38.3 Å². The standard InChI is InChI=1S/C10H20N2O2/c1-7-4-3-5-9(7)12-10(13)8(11)6-14-2/h7-9H,3-6,11H2,1-2H3,(H,12,13). The van der Waals surface area contributed by atoms with Gasteiger partial charge in [-0.3, -0.25) is 4.79 Å². The van der Waals surface area contributed by atoms with Gasteiger partial charge in [-0.05, 0) is 18.8 Å². The summed E-state index contributed by atoms with van der Waals surface area (Å²) in [6.45, 7) is 2.45. The van der Waals surface area contributed by atoms with Crippen molar-refractivity contribution in [3.8, 4) is 0 Å². The van der Waals surface area contributed by atoms with Gasteiger partial charge in [0.1, 0.15) is 6.04 Å². The van der Waals surface area contributed by atoms with Crippen LogP contribution < -0.4 is 11.1 Å². The molecule has 14 heavy (non-hydrogen) atoms. The largest absolute Gasteiger partial charge is 0.383 e. The van der Waals surface area contributed by atoms with Crippen LogP contribution in [-0.2, 0) is 9.53 Å². The topological polar surface area (TPSA) is 64.3 Å². The van der Waals surface area contributed by atoms with E-state index < -0.39 is 6.04 Å². The van der Waals surface area contributed by atoms with E-state index in [1.807, 2.05) is 0 Å². The molecule has 4 nitrogen and oxygen atoms in total. The maximum absolute atomic E-state index is 11.5. The van der Waals surface area contributed by atoms with Crippen LogP contribution in [0.5, 0.6) is 0 Å². The number of amides is 1. The lowest BCUT2D eigenvalue weighted by molar-refractivity contribution is -0.124. The van der Waals surface area contributed by atoms with Gasteiger partial charge in [-0.2, -0.15) is 0 Å². The molecule has 1 amide bonds. The van der Waals surface area contributed by atoms with Gasteiger partial charge in [0.15, 0.2) is 0 Å². The summed E-state index contributed by atoms with van der Waals surface area (Å²) in [7, 11) is 1.55. The molecule has 3 unspecified atom stereocenters. The molecule has 0 aromatic heterocycles. The molecule has 0 radical (unpaired) electrons. The van der Waals surface area contributed by atoms with Crippen LogP contribution in [0, 0.1) is 5.92 Å². The van der Waals surface area contributed by atoms with E-state index in [4.69, 9.17) is 10.5 Å². The second-order valence-electron chi connectivity index (χ2n) is 4.09. The summed E-state index contributed by atoms with van der Waals surface area (Å²) in [6, 6.07) is -0.224. The SMILES string of the molecule is COCC(N)C(=O)NC1CCCC1C. The first-order valence-corrected chi connectivity index (χ1v) is 5.20. The predicted molar refractivity (Wildman–Crippen MR) is 54.8 cm³/mol. The average Bonchev–Trinajstić information content (AvgIpc) is 2.52. The van der Waals surface area contributed by atoms with Gasteiger partial charge in [0.05, 0.1) is 6.61 Å². The highest BCUT2D eigenvalue weighted by Gasteiger charge is 2.26. The minimum atomic E-state index is -0.534. The van der Waals surface area contributed by atoms with Crippen molar-refractivity contribution in [1.29, 1.82) is 0 Å². The number of carbonyl (C=O) groups excluding carboxylic acids is 1. The van der Waals surface area contributed by atoms with Gasteiger partial charge in [0.25, 0.3) is 0 Å². The zero-order valence-electron chi connectivity index (χ0n) is 8.95. The third-order valence-electron chi connectivity index (χ3n) is 2.87. The molecule has 3 atom stereocenters. The van der Waals surface area contributed by atoms with Crippen molar-refractivity contribution in [3.63, 3.8) is 0 Å². The van der Waals surface area contributed by atoms with Crippen LogP contribution in [0.25, 0.3) is 0 Å². The summed E-state index contributed by atoms with van der Waals surface area (Å²) in [5.41, 5.74) is 5.61. The number of hydrogen-bond acceptors (Lipinski definition) is 3. The molecule has 0 heterocycles. The van der Waals surface area contributed by atoms with Crippen LogP contribution >= 0.6 is 0 Å². The first-order chi connectivity index (χ1) is 6.65. The molecule has 0 aromatic carbocycles. The van der Waals surface area contributed by atoms with Crippen LogP contribution in [0.2, 0.25) is 0 Å². The summed E-state index contributed by atoms with van der Waals surface area (Å²) in [6.07, 6.45) is 3.47. The smallest absolute Gasteiger partial charge is 0.239 e. The predicted octanol–water partition coefficient (Wildman–Crippen LogP) is 0.265. The van der Waals surface area contributed by atoms with E-state index in [0.717, 1.165) is 6.42 Å². The molecule has 3 N–H and O–H groups in total. The van der Waals surface area contributed by atoms with E-state index in [0.29, 0.717) is 12.0 Å². The van der Waals surface area contributed by atoms with Gasteiger partial charge >= 0.3 is 0 Å². The van der Waals surface area contributed by atoms with Gasteiger partial charge in [-0.15, -0.1) is 0 Å². The molecule has 1 saturated carbocycles. The lowest BCUT2D eigenvalue weighted by Crippen LogP contribution is -2.48. The molecular weight excluding hydrogens is 180 g/mol. The highest BCUT2D eigenvalue weighted by Crippen LogP contribution is 2.24. The molecule has 1 fully saturated rings. The maximum Gasteiger partial charge on any atom is 0.239 e.